The van der Waals surface area contributed by atoms with Crippen LogP contribution < -0.4 is 9.47 Å². The standard InChI is InChI=1S/C21H18BrNO5/c1-12-7-13-3-4-14(8-19(13)27-12)20-9-15(23-28-20)11-26-21(24)17-10-16(25-2)5-6-18(17)22/h3-6,8-10,12H,7,11H2,1-2H3. The van der Waals surface area contributed by atoms with Gasteiger partial charge in [-0.1, -0.05) is 17.3 Å². The third-order valence-corrected chi connectivity index (χ3v) is 5.18. The second-order valence-electron chi connectivity index (χ2n) is 6.56. The molecule has 0 aliphatic carbocycles. The Hall–Kier alpha value is -2.80. The van der Waals surface area contributed by atoms with Gasteiger partial charge in [0.25, 0.3) is 0 Å². The van der Waals surface area contributed by atoms with Gasteiger partial charge in [-0.15, -0.1) is 0 Å². The fourth-order valence-electron chi connectivity index (χ4n) is 3.08. The van der Waals surface area contributed by atoms with E-state index < -0.39 is 5.97 Å². The van der Waals surface area contributed by atoms with Gasteiger partial charge in [0.05, 0.1) is 12.7 Å². The van der Waals surface area contributed by atoms with Crippen molar-refractivity contribution in [1.82, 2.24) is 5.16 Å². The minimum atomic E-state index is -0.477. The number of hydrogen-bond donors (Lipinski definition) is 0. The normalized spacial score (nSPS) is 15.0. The highest BCUT2D eigenvalue weighted by atomic mass is 79.9. The maximum absolute atomic E-state index is 12.4. The van der Waals surface area contributed by atoms with E-state index in [2.05, 4.69) is 21.1 Å². The maximum atomic E-state index is 12.4. The van der Waals surface area contributed by atoms with E-state index in [0.717, 1.165) is 17.7 Å². The minimum absolute atomic E-state index is 0.00442. The van der Waals surface area contributed by atoms with E-state index in [9.17, 15) is 4.79 Å². The molecule has 3 aromatic rings. The van der Waals surface area contributed by atoms with Crippen LogP contribution in [-0.4, -0.2) is 24.3 Å². The summed E-state index contributed by atoms with van der Waals surface area (Å²) in [5.74, 6) is 1.57. The van der Waals surface area contributed by atoms with Crippen LogP contribution in [0.1, 0.15) is 28.5 Å². The van der Waals surface area contributed by atoms with Crippen LogP contribution >= 0.6 is 15.9 Å². The highest BCUT2D eigenvalue weighted by molar-refractivity contribution is 9.10. The van der Waals surface area contributed by atoms with Gasteiger partial charge < -0.3 is 18.7 Å². The molecule has 0 saturated carbocycles. The molecule has 1 aliphatic heterocycles. The van der Waals surface area contributed by atoms with E-state index in [1.54, 1.807) is 31.4 Å². The molecule has 0 fully saturated rings. The highest BCUT2D eigenvalue weighted by Crippen LogP contribution is 2.33. The Balaban J connectivity index is 1.44. The number of esters is 1. The van der Waals surface area contributed by atoms with Crippen LogP contribution in [0.4, 0.5) is 0 Å². The lowest BCUT2D eigenvalue weighted by atomic mass is 10.1. The number of hydrogen-bond acceptors (Lipinski definition) is 6. The number of carbonyl (C=O) groups excluding carboxylic acids is 1. The van der Waals surface area contributed by atoms with Gasteiger partial charge in [-0.25, -0.2) is 4.79 Å². The number of halogens is 1. The quantitative estimate of drug-likeness (QED) is 0.527. The van der Waals surface area contributed by atoms with E-state index >= 15 is 0 Å². The SMILES string of the molecule is COc1ccc(Br)c(C(=O)OCc2cc(-c3ccc4c(c3)OC(C)C4)on2)c1. The maximum Gasteiger partial charge on any atom is 0.339 e. The number of methoxy groups -OCH3 is 1. The van der Waals surface area contributed by atoms with Crippen LogP contribution in [0.15, 0.2) is 51.5 Å². The first-order valence-electron chi connectivity index (χ1n) is 8.79. The molecular weight excluding hydrogens is 426 g/mol. The average molecular weight is 444 g/mol. The van der Waals surface area contributed by atoms with Crippen molar-refractivity contribution in [3.63, 3.8) is 0 Å². The summed E-state index contributed by atoms with van der Waals surface area (Å²) < 4.78 is 22.3. The molecule has 7 heteroatoms. The second kappa shape index (κ2) is 7.67. The van der Waals surface area contributed by atoms with Crippen molar-refractivity contribution >= 4 is 21.9 Å². The summed E-state index contributed by atoms with van der Waals surface area (Å²) in [6.45, 7) is 2.05. The number of carbonyl (C=O) groups is 1. The predicted octanol–water partition coefficient (Wildman–Crippen LogP) is 4.79. The van der Waals surface area contributed by atoms with Gasteiger partial charge in [0, 0.05) is 22.5 Å². The van der Waals surface area contributed by atoms with E-state index in [-0.39, 0.29) is 12.7 Å². The molecule has 6 nitrogen and oxygen atoms in total. The Morgan fingerprint density at radius 3 is 2.93 bits per heavy atom. The summed E-state index contributed by atoms with van der Waals surface area (Å²) in [7, 11) is 1.54. The molecule has 2 heterocycles. The number of nitrogens with zero attached hydrogens (tertiary/aromatic N) is 1. The average Bonchev–Trinajstić information content (AvgIpc) is 3.31. The summed E-state index contributed by atoms with van der Waals surface area (Å²) in [4.78, 5) is 12.4. The highest BCUT2D eigenvalue weighted by Gasteiger charge is 2.20. The summed E-state index contributed by atoms with van der Waals surface area (Å²) in [6.07, 6.45) is 1.10. The molecular formula is C21H18BrNO5. The Morgan fingerprint density at radius 2 is 2.11 bits per heavy atom. The molecule has 0 bridgehead atoms. The molecule has 4 rings (SSSR count). The Kier molecular flexibility index (Phi) is 5.09. The molecule has 0 spiro atoms. The molecule has 2 aromatic carbocycles. The third kappa shape index (κ3) is 3.75. The number of fused-ring (bicyclic) bond motifs is 1. The number of rotatable bonds is 5. The van der Waals surface area contributed by atoms with Crippen molar-refractivity contribution < 1.29 is 23.5 Å². The molecule has 144 valence electrons. The van der Waals surface area contributed by atoms with Gasteiger partial charge in [0.2, 0.25) is 0 Å². The molecule has 0 saturated heterocycles. The first kappa shape index (κ1) is 18.6. The summed E-state index contributed by atoms with van der Waals surface area (Å²) in [6, 6.07) is 12.8. The summed E-state index contributed by atoms with van der Waals surface area (Å²) >= 11 is 3.35. The van der Waals surface area contributed by atoms with E-state index in [1.165, 1.54) is 5.56 Å². The van der Waals surface area contributed by atoms with Crippen LogP contribution in [0.2, 0.25) is 0 Å². The van der Waals surface area contributed by atoms with Gasteiger partial charge >= 0.3 is 5.97 Å². The Bertz CT molecular complexity index is 1030. The minimum Gasteiger partial charge on any atom is -0.497 e. The molecule has 0 radical (unpaired) electrons. The van der Waals surface area contributed by atoms with Crippen LogP contribution in [-0.2, 0) is 17.8 Å². The van der Waals surface area contributed by atoms with Gasteiger partial charge in [0.15, 0.2) is 5.76 Å². The van der Waals surface area contributed by atoms with Gasteiger partial charge in [-0.05, 0) is 52.7 Å². The zero-order valence-corrected chi connectivity index (χ0v) is 17.0. The molecule has 1 atom stereocenters. The molecule has 0 amide bonds. The first-order chi connectivity index (χ1) is 13.5. The van der Waals surface area contributed by atoms with Crippen LogP contribution in [0, 0.1) is 0 Å². The fraction of sp³-hybridized carbons (Fsp3) is 0.238. The van der Waals surface area contributed by atoms with Crippen molar-refractivity contribution in [2.45, 2.75) is 26.1 Å². The van der Waals surface area contributed by atoms with Gasteiger partial charge in [-0.2, -0.15) is 0 Å². The van der Waals surface area contributed by atoms with E-state index in [1.807, 2.05) is 25.1 Å². The smallest absolute Gasteiger partial charge is 0.339 e. The number of aromatic nitrogens is 1. The lowest BCUT2D eigenvalue weighted by molar-refractivity contribution is 0.0463. The summed E-state index contributed by atoms with van der Waals surface area (Å²) in [5.41, 5.74) is 2.97. The molecule has 1 aromatic heterocycles. The van der Waals surface area contributed by atoms with Gasteiger partial charge in [0.1, 0.15) is 29.9 Å². The Labute approximate surface area is 170 Å². The predicted molar refractivity (Wildman–Crippen MR) is 106 cm³/mol. The van der Waals surface area contributed by atoms with Crippen molar-refractivity contribution in [2.24, 2.45) is 0 Å². The summed E-state index contributed by atoms with van der Waals surface area (Å²) in [5, 5.41) is 3.99. The van der Waals surface area contributed by atoms with Crippen LogP contribution in [0.25, 0.3) is 11.3 Å². The largest absolute Gasteiger partial charge is 0.497 e. The zero-order chi connectivity index (χ0) is 19.7. The van der Waals surface area contributed by atoms with Crippen LogP contribution in [0.3, 0.4) is 0 Å². The lowest BCUT2D eigenvalue weighted by Crippen LogP contribution is -2.06. The van der Waals surface area contributed by atoms with Crippen LogP contribution in [0.5, 0.6) is 11.5 Å². The lowest BCUT2D eigenvalue weighted by Gasteiger charge is -2.07. The van der Waals surface area contributed by atoms with E-state index in [4.69, 9.17) is 18.7 Å². The van der Waals surface area contributed by atoms with Crippen molar-refractivity contribution in [1.29, 1.82) is 0 Å². The zero-order valence-electron chi connectivity index (χ0n) is 15.4. The van der Waals surface area contributed by atoms with Crippen molar-refractivity contribution in [3.05, 3.63) is 63.8 Å². The topological polar surface area (TPSA) is 70.8 Å². The monoisotopic (exact) mass is 443 g/mol. The van der Waals surface area contributed by atoms with Gasteiger partial charge in [-0.3, -0.25) is 0 Å². The molecule has 0 N–H and O–H groups in total. The number of ether oxygens (including phenoxy) is 3. The molecule has 1 unspecified atom stereocenters. The third-order valence-electron chi connectivity index (χ3n) is 4.49. The van der Waals surface area contributed by atoms with Crippen molar-refractivity contribution in [3.8, 4) is 22.8 Å². The van der Waals surface area contributed by atoms with E-state index in [0.29, 0.717) is 27.2 Å². The number of benzene rings is 2. The Morgan fingerprint density at radius 1 is 1.25 bits per heavy atom. The molecule has 28 heavy (non-hydrogen) atoms. The second-order valence-corrected chi connectivity index (χ2v) is 7.41. The fourth-order valence-corrected chi connectivity index (χ4v) is 3.48. The van der Waals surface area contributed by atoms with Crippen molar-refractivity contribution in [2.75, 3.05) is 7.11 Å². The first-order valence-corrected chi connectivity index (χ1v) is 9.59. The molecule has 1 aliphatic rings.